The smallest absolute Gasteiger partial charge is 0.422 e. The summed E-state index contributed by atoms with van der Waals surface area (Å²) in [5.74, 6) is 3.38. The lowest BCUT2D eigenvalue weighted by Crippen LogP contribution is -2.19. The van der Waals surface area contributed by atoms with Crippen LogP contribution >= 0.6 is 0 Å². The van der Waals surface area contributed by atoms with Gasteiger partial charge in [-0.1, -0.05) is 62.3 Å². The monoisotopic (exact) mass is 446 g/mol. The Kier molecular flexibility index (Phi) is 7.74. The van der Waals surface area contributed by atoms with Crippen molar-refractivity contribution in [3.63, 3.8) is 0 Å². The number of fused-ring (bicyclic) bond motifs is 1. The van der Waals surface area contributed by atoms with E-state index in [2.05, 4.69) is 23.5 Å². The minimum atomic E-state index is -4.56. The molecule has 0 unspecified atom stereocenters. The van der Waals surface area contributed by atoms with Crippen molar-refractivity contribution in [3.05, 3.63) is 76.9 Å². The van der Waals surface area contributed by atoms with Crippen LogP contribution in [0.1, 0.15) is 49.3 Å². The van der Waals surface area contributed by atoms with Gasteiger partial charge in [0.1, 0.15) is 5.82 Å². The zero-order chi connectivity index (χ0) is 23.1. The molecule has 0 amide bonds. The molecule has 0 spiro atoms. The first-order chi connectivity index (χ1) is 15.3. The average Bonchev–Trinajstić information content (AvgIpc) is 2.75. The van der Waals surface area contributed by atoms with Gasteiger partial charge in [0, 0.05) is 10.9 Å². The summed E-state index contributed by atoms with van der Waals surface area (Å²) in [5, 5.41) is 1.24. The number of rotatable bonds is 7. The van der Waals surface area contributed by atoms with Crippen molar-refractivity contribution in [3.8, 4) is 17.6 Å². The molecule has 0 saturated carbocycles. The van der Waals surface area contributed by atoms with E-state index in [4.69, 9.17) is 0 Å². The molecule has 0 aliphatic rings. The van der Waals surface area contributed by atoms with Gasteiger partial charge in [0.2, 0.25) is 0 Å². The predicted molar refractivity (Wildman–Crippen MR) is 116 cm³/mol. The molecule has 3 aromatic rings. The number of aryl methyl sites for hydroxylation is 1. The Labute approximate surface area is 184 Å². The van der Waals surface area contributed by atoms with Crippen LogP contribution in [-0.2, 0) is 6.42 Å². The van der Waals surface area contributed by atoms with Gasteiger partial charge in [0.15, 0.2) is 18.2 Å². The molecule has 0 radical (unpaired) electrons. The van der Waals surface area contributed by atoms with E-state index in [9.17, 15) is 22.0 Å². The first kappa shape index (κ1) is 23.6. The maximum atomic E-state index is 14.9. The van der Waals surface area contributed by atoms with E-state index in [0.717, 1.165) is 35.9 Å². The summed E-state index contributed by atoms with van der Waals surface area (Å²) in [6.07, 6.45) is 1.05. The normalized spacial score (nSPS) is 11.3. The van der Waals surface area contributed by atoms with Crippen molar-refractivity contribution in [2.24, 2.45) is 0 Å². The fourth-order valence-corrected chi connectivity index (χ4v) is 3.34. The summed E-state index contributed by atoms with van der Waals surface area (Å²) < 4.78 is 69.9. The Morgan fingerprint density at radius 3 is 2.41 bits per heavy atom. The maximum absolute atomic E-state index is 14.9. The Hall–Kier alpha value is -3.07. The van der Waals surface area contributed by atoms with Gasteiger partial charge in [0.05, 0.1) is 5.56 Å². The van der Waals surface area contributed by atoms with Crippen LogP contribution in [-0.4, -0.2) is 12.8 Å². The summed E-state index contributed by atoms with van der Waals surface area (Å²) >= 11 is 0. The van der Waals surface area contributed by atoms with E-state index in [0.29, 0.717) is 5.39 Å². The molecule has 1 nitrogen and oxygen atoms in total. The second kappa shape index (κ2) is 10.5. The number of ether oxygens (including phenoxy) is 1. The largest absolute Gasteiger partial charge is 0.481 e. The third kappa shape index (κ3) is 6.46. The maximum Gasteiger partial charge on any atom is 0.422 e. The van der Waals surface area contributed by atoms with E-state index in [-0.39, 0.29) is 11.1 Å². The summed E-state index contributed by atoms with van der Waals surface area (Å²) in [5.41, 5.74) is 1.52. The molecular weight excluding hydrogens is 423 g/mol. The number of halogens is 5. The van der Waals surface area contributed by atoms with Crippen LogP contribution in [0.3, 0.4) is 0 Å². The highest BCUT2D eigenvalue weighted by Gasteiger charge is 2.28. The lowest BCUT2D eigenvalue weighted by molar-refractivity contribution is -0.153. The van der Waals surface area contributed by atoms with Crippen LogP contribution in [0.15, 0.2) is 48.5 Å². The highest BCUT2D eigenvalue weighted by Crippen LogP contribution is 2.24. The zero-order valence-corrected chi connectivity index (χ0v) is 17.7. The van der Waals surface area contributed by atoms with E-state index >= 15 is 0 Å². The van der Waals surface area contributed by atoms with E-state index in [1.165, 1.54) is 25.3 Å². The van der Waals surface area contributed by atoms with Gasteiger partial charge in [-0.15, -0.1) is 0 Å². The van der Waals surface area contributed by atoms with Crippen molar-refractivity contribution in [2.45, 2.75) is 45.2 Å². The van der Waals surface area contributed by atoms with Gasteiger partial charge in [0.25, 0.3) is 0 Å². The van der Waals surface area contributed by atoms with Crippen molar-refractivity contribution in [1.29, 1.82) is 0 Å². The molecule has 0 fully saturated rings. The van der Waals surface area contributed by atoms with E-state index < -0.39 is 30.2 Å². The molecule has 0 aromatic heterocycles. The molecule has 0 saturated heterocycles. The number of hydrogen-bond donors (Lipinski definition) is 0. The highest BCUT2D eigenvalue weighted by atomic mass is 19.4. The van der Waals surface area contributed by atoms with Crippen LogP contribution in [0, 0.1) is 23.5 Å². The van der Waals surface area contributed by atoms with Crippen molar-refractivity contribution >= 4 is 10.8 Å². The van der Waals surface area contributed by atoms with Gasteiger partial charge in [-0.3, -0.25) is 0 Å². The number of benzene rings is 3. The minimum absolute atomic E-state index is 0.158. The van der Waals surface area contributed by atoms with E-state index in [1.807, 2.05) is 12.1 Å². The summed E-state index contributed by atoms with van der Waals surface area (Å²) in [6, 6.07) is 12.4. The van der Waals surface area contributed by atoms with Gasteiger partial charge >= 0.3 is 6.18 Å². The predicted octanol–water partition coefficient (Wildman–Crippen LogP) is 7.58. The Morgan fingerprint density at radius 1 is 0.875 bits per heavy atom. The molecule has 0 aliphatic heterocycles. The molecule has 0 heterocycles. The lowest BCUT2D eigenvalue weighted by atomic mass is 10.00. The van der Waals surface area contributed by atoms with Gasteiger partial charge in [-0.05, 0) is 48.1 Å². The van der Waals surface area contributed by atoms with Gasteiger partial charge in [-0.25, -0.2) is 8.78 Å². The molecule has 0 N–H and O–H groups in total. The Morgan fingerprint density at radius 2 is 1.69 bits per heavy atom. The molecule has 168 valence electrons. The van der Waals surface area contributed by atoms with Gasteiger partial charge < -0.3 is 4.74 Å². The average molecular weight is 446 g/mol. The van der Waals surface area contributed by atoms with Crippen LogP contribution in [0.4, 0.5) is 22.0 Å². The summed E-state index contributed by atoms with van der Waals surface area (Å²) in [6.45, 7) is 0.579. The van der Waals surface area contributed by atoms with Crippen molar-refractivity contribution in [1.82, 2.24) is 0 Å². The Balaban J connectivity index is 1.75. The number of unbranched alkanes of at least 4 members (excludes halogenated alkanes) is 3. The van der Waals surface area contributed by atoms with Crippen LogP contribution < -0.4 is 4.74 Å². The zero-order valence-electron chi connectivity index (χ0n) is 17.7. The molecule has 6 heteroatoms. The molecule has 32 heavy (non-hydrogen) atoms. The Bertz CT molecular complexity index is 1140. The third-order valence-electron chi connectivity index (χ3n) is 5.00. The topological polar surface area (TPSA) is 9.23 Å². The first-order valence-electron chi connectivity index (χ1n) is 10.5. The second-order valence-electron chi connectivity index (χ2n) is 7.59. The van der Waals surface area contributed by atoms with Crippen LogP contribution in [0.2, 0.25) is 0 Å². The summed E-state index contributed by atoms with van der Waals surface area (Å²) in [7, 11) is 0. The highest BCUT2D eigenvalue weighted by molar-refractivity contribution is 5.85. The standard InChI is InChI=1S/C26H23F5O/c1-2-3-4-5-6-18-8-13-22-21(15-18)12-11-20(25(22)28)10-7-19-9-14-24(23(27)16-19)32-17-26(29,30)31/h8-9,11-16H,2-6,17H2,1H3. The fourth-order valence-electron chi connectivity index (χ4n) is 3.34. The lowest BCUT2D eigenvalue weighted by Gasteiger charge is -2.09. The fraction of sp³-hybridized carbons (Fsp3) is 0.308. The van der Waals surface area contributed by atoms with E-state index in [1.54, 1.807) is 18.2 Å². The van der Waals surface area contributed by atoms with Crippen LogP contribution in [0.5, 0.6) is 5.75 Å². The van der Waals surface area contributed by atoms with Crippen molar-refractivity contribution in [2.75, 3.05) is 6.61 Å². The minimum Gasteiger partial charge on any atom is -0.481 e. The number of hydrogen-bond acceptors (Lipinski definition) is 1. The van der Waals surface area contributed by atoms with Crippen LogP contribution in [0.25, 0.3) is 10.8 Å². The van der Waals surface area contributed by atoms with Crippen molar-refractivity contribution < 1.29 is 26.7 Å². The molecule has 0 bridgehead atoms. The third-order valence-corrected chi connectivity index (χ3v) is 5.00. The quantitative estimate of drug-likeness (QED) is 0.206. The first-order valence-corrected chi connectivity index (χ1v) is 10.5. The molecular formula is C26H23F5O. The molecule has 0 aliphatic carbocycles. The SMILES string of the molecule is CCCCCCc1ccc2c(F)c(C#Cc3ccc(OCC(F)(F)F)c(F)c3)ccc2c1. The summed E-state index contributed by atoms with van der Waals surface area (Å²) in [4.78, 5) is 0. The molecule has 3 aromatic carbocycles. The second-order valence-corrected chi connectivity index (χ2v) is 7.59. The van der Waals surface area contributed by atoms with Gasteiger partial charge in [-0.2, -0.15) is 13.2 Å². The number of alkyl halides is 3. The molecule has 3 rings (SSSR count). The molecule has 0 atom stereocenters.